The zero-order valence-electron chi connectivity index (χ0n) is 21.8. The van der Waals surface area contributed by atoms with E-state index in [2.05, 4.69) is 108 Å². The lowest BCUT2D eigenvalue weighted by Crippen LogP contribution is -2.45. The molecular formula is C32H39N3O. The first-order chi connectivity index (χ1) is 17.6. The third-order valence-electron chi connectivity index (χ3n) is 8.18. The molecule has 0 aromatic heterocycles. The smallest absolute Gasteiger partial charge is 0.242 e. The highest BCUT2D eigenvalue weighted by Crippen LogP contribution is 2.48. The van der Waals surface area contributed by atoms with Crippen molar-refractivity contribution in [2.75, 3.05) is 51.7 Å². The van der Waals surface area contributed by atoms with E-state index in [4.69, 9.17) is 0 Å². The number of anilines is 1. The second-order valence-corrected chi connectivity index (χ2v) is 10.7. The summed E-state index contributed by atoms with van der Waals surface area (Å²) in [5, 5.41) is 0. The van der Waals surface area contributed by atoms with Gasteiger partial charge in [0.25, 0.3) is 0 Å². The minimum Gasteiger partial charge on any atom is -0.311 e. The van der Waals surface area contributed by atoms with Crippen LogP contribution in [-0.4, -0.2) is 62.5 Å². The zero-order chi connectivity index (χ0) is 25.0. The van der Waals surface area contributed by atoms with Crippen LogP contribution in [0.3, 0.4) is 0 Å². The van der Waals surface area contributed by atoms with Crippen molar-refractivity contribution in [3.8, 4) is 0 Å². The number of piperidine rings is 1. The SMILES string of the molecule is CN(C)CCCN1C(=O)C(CCN2CCC(c3ccccc3)CC2)(c2ccccc2)c2ccccc21. The zero-order valence-corrected chi connectivity index (χ0v) is 21.8. The lowest BCUT2D eigenvalue weighted by Gasteiger charge is -2.36. The molecule has 4 heteroatoms. The Morgan fingerprint density at radius 2 is 1.47 bits per heavy atom. The van der Waals surface area contributed by atoms with Crippen LogP contribution in [0.1, 0.15) is 48.3 Å². The maximum Gasteiger partial charge on any atom is 0.242 e. The minimum atomic E-state index is -0.619. The number of likely N-dealkylation sites (tertiary alicyclic amines) is 1. The van der Waals surface area contributed by atoms with E-state index in [0.717, 1.165) is 56.8 Å². The van der Waals surface area contributed by atoms with Gasteiger partial charge in [0.15, 0.2) is 0 Å². The second-order valence-electron chi connectivity index (χ2n) is 10.7. The van der Waals surface area contributed by atoms with Crippen molar-refractivity contribution in [2.45, 2.75) is 37.0 Å². The molecule has 1 atom stereocenters. The number of rotatable bonds is 9. The van der Waals surface area contributed by atoms with E-state index in [-0.39, 0.29) is 5.91 Å². The van der Waals surface area contributed by atoms with Crippen molar-refractivity contribution in [3.05, 3.63) is 102 Å². The molecule has 3 aromatic carbocycles. The van der Waals surface area contributed by atoms with Gasteiger partial charge in [0.05, 0.1) is 0 Å². The predicted molar refractivity (Wildman–Crippen MR) is 149 cm³/mol. The first-order valence-electron chi connectivity index (χ1n) is 13.5. The molecule has 2 heterocycles. The summed E-state index contributed by atoms with van der Waals surface area (Å²) in [5.41, 5.74) is 4.23. The number of amides is 1. The summed E-state index contributed by atoms with van der Waals surface area (Å²) in [7, 11) is 4.18. The third kappa shape index (κ3) is 4.85. The first kappa shape index (κ1) is 24.7. The molecule has 2 aliphatic heterocycles. The van der Waals surface area contributed by atoms with Gasteiger partial charge >= 0.3 is 0 Å². The Bertz CT molecular complexity index is 1140. The fraction of sp³-hybridized carbons (Fsp3) is 0.406. The number of carbonyl (C=O) groups is 1. The molecule has 3 aromatic rings. The van der Waals surface area contributed by atoms with Gasteiger partial charge in [0.2, 0.25) is 5.91 Å². The van der Waals surface area contributed by atoms with Gasteiger partial charge < -0.3 is 14.7 Å². The molecule has 1 saturated heterocycles. The summed E-state index contributed by atoms with van der Waals surface area (Å²) in [6.45, 7) is 4.84. The summed E-state index contributed by atoms with van der Waals surface area (Å²) in [4.78, 5) is 21.2. The van der Waals surface area contributed by atoms with Gasteiger partial charge in [0.1, 0.15) is 5.41 Å². The van der Waals surface area contributed by atoms with Gasteiger partial charge in [-0.2, -0.15) is 0 Å². The van der Waals surface area contributed by atoms with Crippen molar-refractivity contribution >= 4 is 11.6 Å². The summed E-state index contributed by atoms with van der Waals surface area (Å²) in [6.07, 6.45) is 4.14. The van der Waals surface area contributed by atoms with Gasteiger partial charge in [-0.25, -0.2) is 0 Å². The van der Waals surface area contributed by atoms with Crippen molar-refractivity contribution in [1.82, 2.24) is 9.80 Å². The van der Waals surface area contributed by atoms with Crippen molar-refractivity contribution in [2.24, 2.45) is 0 Å². The van der Waals surface area contributed by atoms with Gasteiger partial charge in [-0.15, -0.1) is 0 Å². The molecule has 0 radical (unpaired) electrons. The summed E-state index contributed by atoms with van der Waals surface area (Å²) < 4.78 is 0. The molecule has 2 aliphatic rings. The average molecular weight is 482 g/mol. The van der Waals surface area contributed by atoms with E-state index in [1.165, 1.54) is 24.0 Å². The Morgan fingerprint density at radius 1 is 0.833 bits per heavy atom. The van der Waals surface area contributed by atoms with E-state index in [1.807, 2.05) is 6.07 Å². The van der Waals surface area contributed by atoms with Crippen molar-refractivity contribution in [1.29, 1.82) is 0 Å². The van der Waals surface area contributed by atoms with Gasteiger partial charge in [0, 0.05) is 12.2 Å². The van der Waals surface area contributed by atoms with Crippen LogP contribution >= 0.6 is 0 Å². The number of carbonyl (C=O) groups excluding carboxylic acids is 1. The topological polar surface area (TPSA) is 26.8 Å². The van der Waals surface area contributed by atoms with Crippen LogP contribution in [0, 0.1) is 0 Å². The molecule has 0 aliphatic carbocycles. The Labute approximate surface area is 216 Å². The lowest BCUT2D eigenvalue weighted by molar-refractivity contribution is -0.122. The van der Waals surface area contributed by atoms with Crippen LogP contribution < -0.4 is 4.90 Å². The van der Waals surface area contributed by atoms with E-state index >= 15 is 0 Å². The van der Waals surface area contributed by atoms with Crippen molar-refractivity contribution < 1.29 is 4.79 Å². The molecule has 0 saturated carbocycles. The fourth-order valence-electron chi connectivity index (χ4n) is 6.22. The summed E-state index contributed by atoms with van der Waals surface area (Å²) in [5.74, 6) is 0.888. The highest BCUT2D eigenvalue weighted by molar-refractivity contribution is 6.10. The number of hydrogen-bond acceptors (Lipinski definition) is 3. The molecule has 0 bridgehead atoms. The standard InChI is InChI=1S/C32H39N3O/c1-33(2)21-11-22-35-30-17-10-9-16-29(30)32(31(35)36,28-14-7-4-8-15-28)20-25-34-23-18-27(19-24-34)26-12-5-3-6-13-26/h3-10,12-17,27H,11,18-25H2,1-2H3. The summed E-state index contributed by atoms with van der Waals surface area (Å²) in [6, 6.07) is 29.9. The van der Waals surface area contributed by atoms with Crippen LogP contribution in [0.2, 0.25) is 0 Å². The minimum absolute atomic E-state index is 0.243. The molecule has 5 rings (SSSR count). The van der Waals surface area contributed by atoms with Crippen LogP contribution in [0.5, 0.6) is 0 Å². The average Bonchev–Trinajstić information content (AvgIpc) is 3.16. The molecule has 36 heavy (non-hydrogen) atoms. The first-order valence-corrected chi connectivity index (χ1v) is 13.5. The highest BCUT2D eigenvalue weighted by Gasteiger charge is 2.51. The molecule has 1 fully saturated rings. The number of nitrogens with zero attached hydrogens (tertiary/aromatic N) is 3. The van der Waals surface area contributed by atoms with Crippen LogP contribution in [0.15, 0.2) is 84.9 Å². The van der Waals surface area contributed by atoms with Gasteiger partial charge in [-0.05, 0) is 94.6 Å². The van der Waals surface area contributed by atoms with E-state index in [1.54, 1.807) is 0 Å². The van der Waals surface area contributed by atoms with E-state index < -0.39 is 5.41 Å². The molecule has 188 valence electrons. The number of para-hydroxylation sites is 1. The van der Waals surface area contributed by atoms with Gasteiger partial charge in [-0.3, -0.25) is 4.79 Å². The molecule has 4 nitrogen and oxygen atoms in total. The molecule has 1 amide bonds. The van der Waals surface area contributed by atoms with Crippen molar-refractivity contribution in [3.63, 3.8) is 0 Å². The number of hydrogen-bond donors (Lipinski definition) is 0. The second kappa shape index (κ2) is 11.0. The van der Waals surface area contributed by atoms with E-state index in [0.29, 0.717) is 5.92 Å². The quantitative estimate of drug-likeness (QED) is 0.401. The third-order valence-corrected chi connectivity index (χ3v) is 8.18. The Kier molecular flexibility index (Phi) is 7.54. The van der Waals surface area contributed by atoms with Crippen LogP contribution in [0.25, 0.3) is 0 Å². The van der Waals surface area contributed by atoms with Crippen LogP contribution in [-0.2, 0) is 10.2 Å². The van der Waals surface area contributed by atoms with E-state index in [9.17, 15) is 4.79 Å². The normalized spacial score (nSPS) is 20.8. The highest BCUT2D eigenvalue weighted by atomic mass is 16.2. The Morgan fingerprint density at radius 3 is 2.17 bits per heavy atom. The van der Waals surface area contributed by atoms with Gasteiger partial charge in [-0.1, -0.05) is 78.9 Å². The largest absolute Gasteiger partial charge is 0.311 e. The fourth-order valence-corrected chi connectivity index (χ4v) is 6.22. The Balaban J connectivity index is 1.38. The Hall–Kier alpha value is -2.95. The molecule has 0 N–H and O–H groups in total. The molecule has 0 spiro atoms. The molecule has 1 unspecified atom stereocenters. The predicted octanol–water partition coefficient (Wildman–Crippen LogP) is 5.54. The maximum atomic E-state index is 14.4. The number of fused-ring (bicyclic) bond motifs is 1. The monoisotopic (exact) mass is 481 g/mol. The summed E-state index contributed by atoms with van der Waals surface area (Å²) >= 11 is 0. The number of benzene rings is 3. The molecular weight excluding hydrogens is 442 g/mol. The maximum absolute atomic E-state index is 14.4. The lowest BCUT2D eigenvalue weighted by atomic mass is 9.72. The van der Waals surface area contributed by atoms with Crippen LogP contribution in [0.4, 0.5) is 5.69 Å².